The quantitative estimate of drug-likeness (QED) is 0.895. The maximum Gasteiger partial charge on any atom is 0.122 e. The number of benzene rings is 2. The van der Waals surface area contributed by atoms with Gasteiger partial charge in [-0.1, -0.05) is 35.9 Å². The highest BCUT2D eigenvalue weighted by Crippen LogP contribution is 2.26. The summed E-state index contributed by atoms with van der Waals surface area (Å²) in [6, 6.07) is 14.9. The summed E-state index contributed by atoms with van der Waals surface area (Å²) in [7, 11) is 0. The van der Waals surface area contributed by atoms with Crippen LogP contribution in [0.3, 0.4) is 0 Å². The number of hydrogen-bond donors (Lipinski definition) is 1. The smallest absolute Gasteiger partial charge is 0.122 e. The largest absolute Gasteiger partial charge is 0.493 e. The molecule has 0 amide bonds. The number of rotatable bonds is 5. The lowest BCUT2D eigenvalue weighted by Gasteiger charge is -2.14. The van der Waals surface area contributed by atoms with E-state index in [1.165, 1.54) is 16.7 Å². The van der Waals surface area contributed by atoms with E-state index >= 15 is 0 Å². The van der Waals surface area contributed by atoms with E-state index in [1.807, 2.05) is 12.1 Å². The molecule has 0 bridgehead atoms. The lowest BCUT2D eigenvalue weighted by atomic mass is 10.1. The monoisotopic (exact) mass is 301 g/mol. The van der Waals surface area contributed by atoms with Crippen LogP contribution in [0.4, 0.5) is 0 Å². The van der Waals surface area contributed by atoms with Crippen molar-refractivity contribution in [2.75, 3.05) is 13.2 Å². The molecule has 0 aromatic heterocycles. The third kappa shape index (κ3) is 3.58. The molecule has 21 heavy (non-hydrogen) atoms. The van der Waals surface area contributed by atoms with Gasteiger partial charge in [0.25, 0.3) is 0 Å². The van der Waals surface area contributed by atoms with Gasteiger partial charge in [0.15, 0.2) is 0 Å². The van der Waals surface area contributed by atoms with Crippen molar-refractivity contribution >= 4 is 11.6 Å². The van der Waals surface area contributed by atoms with E-state index in [-0.39, 0.29) is 0 Å². The van der Waals surface area contributed by atoms with E-state index in [1.54, 1.807) is 0 Å². The molecular formula is C18H20ClNO. The maximum absolute atomic E-state index is 5.92. The van der Waals surface area contributed by atoms with Gasteiger partial charge in [-0.05, 0) is 54.8 Å². The Morgan fingerprint density at radius 3 is 2.81 bits per heavy atom. The van der Waals surface area contributed by atoms with E-state index in [0.29, 0.717) is 6.04 Å². The molecule has 0 spiro atoms. The maximum atomic E-state index is 5.92. The van der Waals surface area contributed by atoms with Gasteiger partial charge < -0.3 is 10.1 Å². The van der Waals surface area contributed by atoms with Gasteiger partial charge in [-0.3, -0.25) is 0 Å². The number of nitrogens with one attached hydrogen (secondary N) is 1. The third-order valence-corrected chi connectivity index (χ3v) is 4.24. The predicted octanol–water partition coefficient (Wildman–Crippen LogP) is 4.17. The SMILES string of the molecule is C[C@@H](NCCc1ccc2c(c1)CCO2)c1ccc(Cl)cc1. The van der Waals surface area contributed by atoms with Crippen molar-refractivity contribution in [3.63, 3.8) is 0 Å². The Morgan fingerprint density at radius 1 is 1.19 bits per heavy atom. The highest BCUT2D eigenvalue weighted by molar-refractivity contribution is 6.30. The fraction of sp³-hybridized carbons (Fsp3) is 0.333. The second-order valence-electron chi connectivity index (χ2n) is 5.52. The fourth-order valence-electron chi connectivity index (χ4n) is 2.70. The van der Waals surface area contributed by atoms with Crippen molar-refractivity contribution in [1.29, 1.82) is 0 Å². The van der Waals surface area contributed by atoms with E-state index in [2.05, 4.69) is 42.6 Å². The van der Waals surface area contributed by atoms with Crippen LogP contribution >= 0.6 is 11.6 Å². The summed E-state index contributed by atoms with van der Waals surface area (Å²) in [6.45, 7) is 3.97. The van der Waals surface area contributed by atoms with Crippen LogP contribution in [-0.2, 0) is 12.8 Å². The van der Waals surface area contributed by atoms with Crippen molar-refractivity contribution in [2.45, 2.75) is 25.8 Å². The van der Waals surface area contributed by atoms with Crippen molar-refractivity contribution in [3.8, 4) is 5.75 Å². The Labute approximate surface area is 131 Å². The Morgan fingerprint density at radius 2 is 2.00 bits per heavy atom. The van der Waals surface area contributed by atoms with Gasteiger partial charge in [0, 0.05) is 17.5 Å². The van der Waals surface area contributed by atoms with Crippen molar-refractivity contribution in [2.24, 2.45) is 0 Å². The molecule has 0 radical (unpaired) electrons. The molecule has 2 nitrogen and oxygen atoms in total. The minimum absolute atomic E-state index is 0.333. The molecule has 3 rings (SSSR count). The van der Waals surface area contributed by atoms with Crippen LogP contribution in [-0.4, -0.2) is 13.2 Å². The van der Waals surface area contributed by atoms with E-state index in [0.717, 1.165) is 36.8 Å². The summed E-state index contributed by atoms with van der Waals surface area (Å²) in [5.41, 5.74) is 3.98. The van der Waals surface area contributed by atoms with Crippen LogP contribution < -0.4 is 10.1 Å². The second kappa shape index (κ2) is 6.50. The molecule has 0 unspecified atom stereocenters. The van der Waals surface area contributed by atoms with Gasteiger partial charge in [-0.2, -0.15) is 0 Å². The van der Waals surface area contributed by atoms with Crippen molar-refractivity contribution < 1.29 is 4.74 Å². The van der Waals surface area contributed by atoms with Crippen molar-refractivity contribution in [1.82, 2.24) is 5.32 Å². The lowest BCUT2D eigenvalue weighted by molar-refractivity contribution is 0.357. The number of ether oxygens (including phenoxy) is 1. The standard InChI is InChI=1S/C18H20ClNO/c1-13(15-3-5-17(19)6-4-15)20-10-8-14-2-7-18-16(12-14)9-11-21-18/h2-7,12-13,20H,8-11H2,1H3/t13-/m1/s1. The Balaban J connectivity index is 1.52. The highest BCUT2D eigenvalue weighted by Gasteiger charge is 2.12. The summed E-state index contributed by atoms with van der Waals surface area (Å²) < 4.78 is 5.54. The average Bonchev–Trinajstić information content (AvgIpc) is 2.95. The molecule has 2 aromatic rings. The van der Waals surface area contributed by atoms with Crippen LogP contribution in [0.25, 0.3) is 0 Å². The molecule has 1 N–H and O–H groups in total. The zero-order chi connectivity index (χ0) is 14.7. The van der Waals surface area contributed by atoms with Crippen LogP contribution in [0.15, 0.2) is 42.5 Å². The predicted molar refractivity (Wildman–Crippen MR) is 87.2 cm³/mol. The summed E-state index contributed by atoms with van der Waals surface area (Å²) in [5.74, 6) is 1.06. The molecule has 3 heteroatoms. The van der Waals surface area contributed by atoms with Crippen LogP contribution in [0.1, 0.15) is 29.7 Å². The Bertz CT molecular complexity index is 609. The molecule has 1 heterocycles. The molecule has 1 aliphatic heterocycles. The Kier molecular flexibility index (Phi) is 4.47. The van der Waals surface area contributed by atoms with Gasteiger partial charge in [0.05, 0.1) is 6.61 Å². The van der Waals surface area contributed by atoms with Gasteiger partial charge in [0.1, 0.15) is 5.75 Å². The molecule has 0 saturated carbocycles. The molecule has 0 aliphatic carbocycles. The van der Waals surface area contributed by atoms with Gasteiger partial charge in [-0.25, -0.2) is 0 Å². The molecule has 0 saturated heterocycles. The Hall–Kier alpha value is -1.51. The molecule has 1 aliphatic rings. The molecule has 1 atom stereocenters. The summed E-state index contributed by atoms with van der Waals surface area (Å²) >= 11 is 5.92. The van der Waals surface area contributed by atoms with E-state index in [4.69, 9.17) is 16.3 Å². The van der Waals surface area contributed by atoms with Crippen molar-refractivity contribution in [3.05, 3.63) is 64.2 Å². The number of fused-ring (bicyclic) bond motifs is 1. The average molecular weight is 302 g/mol. The molecule has 110 valence electrons. The summed E-state index contributed by atoms with van der Waals surface area (Å²) in [5, 5.41) is 4.34. The van der Waals surface area contributed by atoms with E-state index < -0.39 is 0 Å². The summed E-state index contributed by atoms with van der Waals surface area (Å²) in [6.07, 6.45) is 2.07. The second-order valence-corrected chi connectivity index (χ2v) is 5.95. The van der Waals surface area contributed by atoms with Crippen LogP contribution in [0.5, 0.6) is 5.75 Å². The molecule has 2 aromatic carbocycles. The lowest BCUT2D eigenvalue weighted by Crippen LogP contribution is -2.21. The fourth-order valence-corrected chi connectivity index (χ4v) is 2.82. The number of hydrogen-bond acceptors (Lipinski definition) is 2. The van der Waals surface area contributed by atoms with Crippen LogP contribution in [0.2, 0.25) is 5.02 Å². The first-order valence-corrected chi connectivity index (χ1v) is 7.83. The first-order chi connectivity index (χ1) is 10.2. The zero-order valence-electron chi connectivity index (χ0n) is 12.2. The first kappa shape index (κ1) is 14.4. The summed E-state index contributed by atoms with van der Waals surface area (Å²) in [4.78, 5) is 0. The van der Waals surface area contributed by atoms with Crippen LogP contribution in [0, 0.1) is 0 Å². The van der Waals surface area contributed by atoms with Gasteiger partial charge >= 0.3 is 0 Å². The minimum atomic E-state index is 0.333. The van der Waals surface area contributed by atoms with Gasteiger partial charge in [0.2, 0.25) is 0 Å². The minimum Gasteiger partial charge on any atom is -0.493 e. The van der Waals surface area contributed by atoms with E-state index in [9.17, 15) is 0 Å². The first-order valence-electron chi connectivity index (χ1n) is 7.46. The van der Waals surface area contributed by atoms with Gasteiger partial charge in [-0.15, -0.1) is 0 Å². The number of halogens is 1. The molecule has 0 fully saturated rings. The normalized spacial score (nSPS) is 14.6. The topological polar surface area (TPSA) is 21.3 Å². The molecular weight excluding hydrogens is 282 g/mol. The zero-order valence-corrected chi connectivity index (χ0v) is 13.0. The third-order valence-electron chi connectivity index (χ3n) is 3.99. The highest BCUT2D eigenvalue weighted by atomic mass is 35.5.